The molecule has 1 aliphatic carbocycles. The minimum atomic E-state index is -0.136. The van der Waals surface area contributed by atoms with Crippen LogP contribution in [0.25, 0.3) is 0 Å². The summed E-state index contributed by atoms with van der Waals surface area (Å²) in [7, 11) is 0. The number of imide groups is 1. The molecule has 0 bridgehead atoms. The third-order valence-corrected chi connectivity index (χ3v) is 7.75. The Balaban J connectivity index is 1.30. The smallest absolute Gasteiger partial charge is 0.263 e. The van der Waals surface area contributed by atoms with Crippen LogP contribution in [0.15, 0.2) is 35.0 Å². The topological polar surface area (TPSA) is 60.9 Å². The molecule has 1 saturated carbocycles. The van der Waals surface area contributed by atoms with Crippen LogP contribution in [-0.4, -0.2) is 59.7 Å². The SMILES string of the molecule is O=C(Cc1ccsc1)N1CCN(c2cccc3c2C(=O)N(C2CCCCCC2)C3=O)CC1. The van der Waals surface area contributed by atoms with Crippen LogP contribution in [0.1, 0.15) is 64.8 Å². The summed E-state index contributed by atoms with van der Waals surface area (Å²) in [6, 6.07) is 7.63. The van der Waals surface area contributed by atoms with E-state index in [9.17, 15) is 14.4 Å². The zero-order valence-electron chi connectivity index (χ0n) is 18.3. The molecule has 1 aromatic heterocycles. The van der Waals surface area contributed by atoms with Crippen LogP contribution in [0.2, 0.25) is 0 Å². The maximum absolute atomic E-state index is 13.4. The van der Waals surface area contributed by atoms with E-state index in [0.29, 0.717) is 43.7 Å². The number of amides is 3. The molecule has 3 aliphatic rings. The van der Waals surface area contributed by atoms with Crippen molar-refractivity contribution in [3.8, 4) is 0 Å². The van der Waals surface area contributed by atoms with Crippen molar-refractivity contribution >= 4 is 34.7 Å². The molecule has 0 N–H and O–H groups in total. The number of carbonyl (C=O) groups excluding carboxylic acids is 3. The first-order chi connectivity index (χ1) is 15.6. The largest absolute Gasteiger partial charge is 0.367 e. The fraction of sp³-hybridized carbons (Fsp3) is 0.480. The molecule has 2 fully saturated rings. The average molecular weight is 452 g/mol. The van der Waals surface area contributed by atoms with E-state index in [-0.39, 0.29) is 23.8 Å². The van der Waals surface area contributed by atoms with Crippen molar-refractivity contribution in [1.29, 1.82) is 0 Å². The van der Waals surface area contributed by atoms with Gasteiger partial charge in [0.25, 0.3) is 11.8 Å². The second-order valence-corrected chi connectivity index (χ2v) is 9.78. The maximum Gasteiger partial charge on any atom is 0.263 e. The molecule has 32 heavy (non-hydrogen) atoms. The molecule has 3 amide bonds. The van der Waals surface area contributed by atoms with Gasteiger partial charge >= 0.3 is 0 Å². The van der Waals surface area contributed by atoms with Gasteiger partial charge < -0.3 is 9.80 Å². The minimum Gasteiger partial charge on any atom is -0.367 e. The quantitative estimate of drug-likeness (QED) is 0.522. The molecule has 168 valence electrons. The number of hydrogen-bond acceptors (Lipinski definition) is 5. The van der Waals surface area contributed by atoms with Gasteiger partial charge in [-0.3, -0.25) is 19.3 Å². The molecule has 7 heteroatoms. The van der Waals surface area contributed by atoms with E-state index in [1.165, 1.54) is 12.8 Å². The van der Waals surface area contributed by atoms with Crippen molar-refractivity contribution in [3.05, 3.63) is 51.7 Å². The number of piperazine rings is 1. The van der Waals surface area contributed by atoms with Crippen LogP contribution in [0.3, 0.4) is 0 Å². The highest BCUT2D eigenvalue weighted by Gasteiger charge is 2.42. The van der Waals surface area contributed by atoms with Crippen LogP contribution in [0.4, 0.5) is 5.69 Å². The van der Waals surface area contributed by atoms with Gasteiger partial charge in [-0.2, -0.15) is 11.3 Å². The number of thiophene rings is 1. The molecule has 2 aliphatic heterocycles. The van der Waals surface area contributed by atoms with E-state index in [2.05, 4.69) is 4.90 Å². The first-order valence-electron chi connectivity index (χ1n) is 11.7. The van der Waals surface area contributed by atoms with Crippen molar-refractivity contribution in [2.24, 2.45) is 0 Å². The molecule has 2 aromatic rings. The standard InChI is InChI=1S/C25H29N3O3S/c29-22(16-18-10-15-32-17-18)27-13-11-26(12-14-27)21-9-5-8-20-23(21)25(31)28(24(20)30)19-6-3-1-2-4-7-19/h5,8-10,15,17,19H,1-4,6-7,11-14,16H2. The van der Waals surface area contributed by atoms with Gasteiger partial charge in [0.2, 0.25) is 5.91 Å². The number of nitrogens with zero attached hydrogens (tertiary/aromatic N) is 3. The lowest BCUT2D eigenvalue weighted by molar-refractivity contribution is -0.130. The Morgan fingerprint density at radius 3 is 2.38 bits per heavy atom. The van der Waals surface area contributed by atoms with Crippen molar-refractivity contribution < 1.29 is 14.4 Å². The number of fused-ring (bicyclic) bond motifs is 1. The number of rotatable bonds is 4. The molecule has 0 unspecified atom stereocenters. The monoisotopic (exact) mass is 451 g/mol. The summed E-state index contributed by atoms with van der Waals surface area (Å²) >= 11 is 1.61. The fourth-order valence-electron chi connectivity index (χ4n) is 5.27. The first kappa shape index (κ1) is 21.2. The highest BCUT2D eigenvalue weighted by molar-refractivity contribution is 7.08. The van der Waals surface area contributed by atoms with Gasteiger partial charge in [0.1, 0.15) is 0 Å². The van der Waals surface area contributed by atoms with E-state index in [1.54, 1.807) is 22.3 Å². The lowest BCUT2D eigenvalue weighted by Crippen LogP contribution is -2.49. The summed E-state index contributed by atoms with van der Waals surface area (Å²) in [6.45, 7) is 2.58. The van der Waals surface area contributed by atoms with Gasteiger partial charge in [0.15, 0.2) is 0 Å². The van der Waals surface area contributed by atoms with Gasteiger partial charge in [0, 0.05) is 32.2 Å². The summed E-state index contributed by atoms with van der Waals surface area (Å²) in [5.74, 6) is -0.126. The lowest BCUT2D eigenvalue weighted by atomic mass is 10.1. The summed E-state index contributed by atoms with van der Waals surface area (Å²) in [5, 5.41) is 4.01. The molecule has 5 rings (SSSR count). The zero-order chi connectivity index (χ0) is 22.1. The fourth-order valence-corrected chi connectivity index (χ4v) is 5.94. The number of anilines is 1. The van der Waals surface area contributed by atoms with Gasteiger partial charge in [0.05, 0.1) is 23.2 Å². The molecule has 0 radical (unpaired) electrons. The van der Waals surface area contributed by atoms with Gasteiger partial charge in [-0.25, -0.2) is 0 Å². The first-order valence-corrected chi connectivity index (χ1v) is 12.6. The van der Waals surface area contributed by atoms with Crippen molar-refractivity contribution in [3.63, 3.8) is 0 Å². The average Bonchev–Trinajstić information content (AvgIpc) is 3.30. The van der Waals surface area contributed by atoms with Crippen LogP contribution < -0.4 is 4.90 Å². The Labute approximate surface area is 192 Å². The van der Waals surface area contributed by atoms with E-state index >= 15 is 0 Å². The third-order valence-electron chi connectivity index (χ3n) is 7.02. The number of hydrogen-bond donors (Lipinski definition) is 0. The third kappa shape index (κ3) is 3.94. The van der Waals surface area contributed by atoms with Gasteiger partial charge in [-0.1, -0.05) is 31.7 Å². The lowest BCUT2D eigenvalue weighted by Gasteiger charge is -2.36. The van der Waals surface area contributed by atoms with Crippen LogP contribution in [0, 0.1) is 0 Å². The Morgan fingerprint density at radius 2 is 1.69 bits per heavy atom. The predicted molar refractivity (Wildman–Crippen MR) is 125 cm³/mol. The van der Waals surface area contributed by atoms with Crippen LogP contribution in [0.5, 0.6) is 0 Å². The Kier molecular flexibility index (Phi) is 6.00. The highest BCUT2D eigenvalue weighted by atomic mass is 32.1. The molecule has 6 nitrogen and oxygen atoms in total. The number of carbonyl (C=O) groups is 3. The minimum absolute atomic E-state index is 0.0179. The maximum atomic E-state index is 13.4. The normalized spacial score (nSPS) is 19.9. The van der Waals surface area contributed by atoms with E-state index in [4.69, 9.17) is 0 Å². The number of benzene rings is 1. The molecule has 1 aromatic carbocycles. The molecule has 1 saturated heterocycles. The Hall–Kier alpha value is -2.67. The second-order valence-electron chi connectivity index (χ2n) is 9.00. The summed E-state index contributed by atoms with van der Waals surface area (Å²) in [6.07, 6.45) is 6.77. The van der Waals surface area contributed by atoms with Crippen molar-refractivity contribution in [2.75, 3.05) is 31.1 Å². The van der Waals surface area contributed by atoms with E-state index in [0.717, 1.165) is 36.9 Å². The summed E-state index contributed by atoms with van der Waals surface area (Å²) in [4.78, 5) is 44.9. The van der Waals surface area contributed by atoms with Crippen molar-refractivity contribution in [2.45, 2.75) is 51.0 Å². The Morgan fingerprint density at radius 1 is 0.938 bits per heavy atom. The Bertz CT molecular complexity index is 1000. The van der Waals surface area contributed by atoms with Gasteiger partial charge in [-0.15, -0.1) is 0 Å². The van der Waals surface area contributed by atoms with Gasteiger partial charge in [-0.05, 0) is 47.4 Å². The summed E-state index contributed by atoms with van der Waals surface area (Å²) in [5.41, 5.74) is 2.99. The molecule has 0 spiro atoms. The highest BCUT2D eigenvalue weighted by Crippen LogP contribution is 2.36. The second kappa shape index (κ2) is 9.06. The molecule has 3 heterocycles. The van der Waals surface area contributed by atoms with Crippen molar-refractivity contribution in [1.82, 2.24) is 9.80 Å². The predicted octanol–water partition coefficient (Wildman–Crippen LogP) is 3.96. The molecule has 0 atom stereocenters. The molecular weight excluding hydrogens is 422 g/mol. The molecular formula is C25H29N3O3S. The van der Waals surface area contributed by atoms with Crippen LogP contribution in [-0.2, 0) is 11.2 Å². The zero-order valence-corrected chi connectivity index (χ0v) is 19.1. The van der Waals surface area contributed by atoms with E-state index < -0.39 is 0 Å². The van der Waals surface area contributed by atoms with Crippen LogP contribution >= 0.6 is 11.3 Å². The van der Waals surface area contributed by atoms with E-state index in [1.807, 2.05) is 33.9 Å². The summed E-state index contributed by atoms with van der Waals surface area (Å²) < 4.78 is 0.